The minimum absolute atomic E-state index is 0.111. The minimum atomic E-state index is 0.111. The Kier molecular flexibility index (Phi) is 4.99. The largest absolute Gasteiger partial charge is 0.508 e. The summed E-state index contributed by atoms with van der Waals surface area (Å²) < 4.78 is 0. The lowest BCUT2D eigenvalue weighted by Gasteiger charge is -2.07. The lowest BCUT2D eigenvalue weighted by atomic mass is 10.0. The van der Waals surface area contributed by atoms with Gasteiger partial charge in [0.15, 0.2) is 5.78 Å². The van der Waals surface area contributed by atoms with Gasteiger partial charge in [0.05, 0.1) is 0 Å². The molecular weight excluding hydrogens is 264 g/mol. The van der Waals surface area contributed by atoms with Crippen molar-refractivity contribution in [1.29, 1.82) is 0 Å². The van der Waals surface area contributed by atoms with Crippen molar-refractivity contribution in [2.75, 3.05) is 0 Å². The van der Waals surface area contributed by atoms with E-state index in [1.54, 1.807) is 18.2 Å². The lowest BCUT2D eigenvalue weighted by molar-refractivity contribution is 0.0979. The summed E-state index contributed by atoms with van der Waals surface area (Å²) in [4.78, 5) is 12.0. The van der Waals surface area contributed by atoms with Gasteiger partial charge in [0.1, 0.15) is 11.5 Å². The summed E-state index contributed by atoms with van der Waals surface area (Å²) >= 11 is 0. The second kappa shape index (κ2) is 6.93. The number of carbonyl (C=O) groups excluding carboxylic acids is 1. The first kappa shape index (κ1) is 15.1. The third kappa shape index (κ3) is 4.09. The number of ketones is 1. The average molecular weight is 284 g/mol. The van der Waals surface area contributed by atoms with Crippen molar-refractivity contribution in [3.8, 4) is 11.5 Å². The Morgan fingerprint density at radius 3 is 2.19 bits per heavy atom. The molecule has 0 saturated carbocycles. The third-order valence-electron chi connectivity index (χ3n) is 3.58. The van der Waals surface area contributed by atoms with E-state index >= 15 is 0 Å². The van der Waals surface area contributed by atoms with Crippen molar-refractivity contribution in [3.63, 3.8) is 0 Å². The number of phenols is 2. The molecule has 0 atom stereocenters. The maximum absolute atomic E-state index is 12.0. The third-order valence-corrected chi connectivity index (χ3v) is 3.58. The van der Waals surface area contributed by atoms with Crippen molar-refractivity contribution in [3.05, 3.63) is 59.2 Å². The molecule has 0 amide bonds. The molecule has 0 unspecified atom stereocenters. The quantitative estimate of drug-likeness (QED) is 0.622. The van der Waals surface area contributed by atoms with E-state index < -0.39 is 0 Å². The van der Waals surface area contributed by atoms with Crippen LogP contribution in [0.5, 0.6) is 11.5 Å². The molecule has 0 aliphatic carbocycles. The summed E-state index contributed by atoms with van der Waals surface area (Å²) in [6.45, 7) is 1.99. The average Bonchev–Trinajstić information content (AvgIpc) is 2.46. The highest BCUT2D eigenvalue weighted by atomic mass is 16.3. The first-order valence-electron chi connectivity index (χ1n) is 7.17. The lowest BCUT2D eigenvalue weighted by Crippen LogP contribution is -1.99. The van der Waals surface area contributed by atoms with E-state index in [-0.39, 0.29) is 17.3 Å². The van der Waals surface area contributed by atoms with E-state index in [1.807, 2.05) is 31.2 Å². The number of rotatable bonds is 6. The van der Waals surface area contributed by atoms with Crippen LogP contribution in [-0.4, -0.2) is 16.0 Å². The molecule has 3 nitrogen and oxygen atoms in total. The molecule has 0 radical (unpaired) electrons. The summed E-state index contributed by atoms with van der Waals surface area (Å²) in [5.41, 5.74) is 2.44. The maximum atomic E-state index is 12.0. The summed E-state index contributed by atoms with van der Waals surface area (Å²) in [5.74, 6) is 0.358. The van der Waals surface area contributed by atoms with E-state index in [4.69, 9.17) is 0 Å². The highest BCUT2D eigenvalue weighted by Crippen LogP contribution is 2.28. The van der Waals surface area contributed by atoms with Crippen molar-refractivity contribution in [2.45, 2.75) is 32.6 Å². The van der Waals surface area contributed by atoms with Crippen LogP contribution >= 0.6 is 0 Å². The maximum Gasteiger partial charge on any atom is 0.162 e. The zero-order valence-corrected chi connectivity index (χ0v) is 12.2. The highest BCUT2D eigenvalue weighted by Gasteiger charge is 2.08. The first-order chi connectivity index (χ1) is 10.1. The van der Waals surface area contributed by atoms with Crippen LogP contribution in [0.4, 0.5) is 0 Å². The molecule has 21 heavy (non-hydrogen) atoms. The molecule has 0 aliphatic rings. The number of aromatic hydroxyl groups is 2. The van der Waals surface area contributed by atoms with Crippen LogP contribution in [0.15, 0.2) is 42.5 Å². The fourth-order valence-corrected chi connectivity index (χ4v) is 2.29. The molecular formula is C18H20O3. The molecule has 2 N–H and O–H groups in total. The van der Waals surface area contributed by atoms with E-state index in [0.717, 1.165) is 24.0 Å². The predicted molar refractivity (Wildman–Crippen MR) is 82.8 cm³/mol. The summed E-state index contributed by atoms with van der Waals surface area (Å²) in [6, 6.07) is 12.3. The minimum Gasteiger partial charge on any atom is -0.508 e. The van der Waals surface area contributed by atoms with E-state index in [0.29, 0.717) is 18.4 Å². The number of benzene rings is 2. The normalized spacial score (nSPS) is 10.5. The zero-order chi connectivity index (χ0) is 15.2. The molecule has 110 valence electrons. The molecule has 0 fully saturated rings. The molecule has 0 bridgehead atoms. The molecule has 2 aromatic rings. The number of hydrogen-bond acceptors (Lipinski definition) is 3. The van der Waals surface area contributed by atoms with Gasteiger partial charge in [0.25, 0.3) is 0 Å². The van der Waals surface area contributed by atoms with Crippen LogP contribution in [0, 0.1) is 6.92 Å². The number of Topliss-reactive ketones (excluding diaryl/α,β-unsaturated/α-hetero) is 1. The SMILES string of the molecule is Cc1ccc(C(=O)CCCCc2c(O)cccc2O)cc1. The topological polar surface area (TPSA) is 57.5 Å². The van der Waals surface area contributed by atoms with Crippen molar-refractivity contribution >= 4 is 5.78 Å². The Morgan fingerprint density at radius 2 is 1.57 bits per heavy atom. The second-order valence-electron chi connectivity index (χ2n) is 5.27. The van der Waals surface area contributed by atoms with Gasteiger partial charge in [-0.2, -0.15) is 0 Å². The Bertz CT molecular complexity index is 595. The van der Waals surface area contributed by atoms with Gasteiger partial charge in [-0.25, -0.2) is 0 Å². The van der Waals surface area contributed by atoms with Crippen molar-refractivity contribution in [1.82, 2.24) is 0 Å². The van der Waals surface area contributed by atoms with Crippen molar-refractivity contribution < 1.29 is 15.0 Å². The summed E-state index contributed by atoms with van der Waals surface area (Å²) in [7, 11) is 0. The summed E-state index contributed by atoms with van der Waals surface area (Å²) in [5, 5.41) is 19.4. The van der Waals surface area contributed by atoms with Gasteiger partial charge in [-0.3, -0.25) is 4.79 Å². The first-order valence-corrected chi connectivity index (χ1v) is 7.17. The van der Waals surface area contributed by atoms with E-state index in [9.17, 15) is 15.0 Å². The molecule has 3 heteroatoms. The number of aryl methyl sites for hydroxylation is 1. The molecule has 2 aromatic carbocycles. The van der Waals surface area contributed by atoms with Crippen LogP contribution in [-0.2, 0) is 6.42 Å². The molecule has 0 heterocycles. The number of hydrogen-bond donors (Lipinski definition) is 2. The van der Waals surface area contributed by atoms with Crippen LogP contribution in [0.1, 0.15) is 40.7 Å². The smallest absolute Gasteiger partial charge is 0.162 e. The van der Waals surface area contributed by atoms with E-state index in [1.165, 1.54) is 0 Å². The Hall–Kier alpha value is -2.29. The predicted octanol–water partition coefficient (Wildman–Crippen LogP) is 4.00. The number of unbranched alkanes of at least 4 members (excludes halogenated alkanes) is 1. The van der Waals surface area contributed by atoms with Gasteiger partial charge in [-0.1, -0.05) is 35.9 Å². The molecule has 0 aliphatic heterocycles. The Balaban J connectivity index is 1.82. The van der Waals surface area contributed by atoms with Crippen LogP contribution < -0.4 is 0 Å². The Labute approximate surface area is 124 Å². The van der Waals surface area contributed by atoms with Gasteiger partial charge in [-0.15, -0.1) is 0 Å². The summed E-state index contributed by atoms with van der Waals surface area (Å²) in [6.07, 6.45) is 2.54. The van der Waals surface area contributed by atoms with Crippen LogP contribution in [0.2, 0.25) is 0 Å². The fourth-order valence-electron chi connectivity index (χ4n) is 2.29. The van der Waals surface area contributed by atoms with Crippen LogP contribution in [0.25, 0.3) is 0 Å². The van der Waals surface area contributed by atoms with Gasteiger partial charge < -0.3 is 10.2 Å². The van der Waals surface area contributed by atoms with Gasteiger partial charge in [0.2, 0.25) is 0 Å². The standard InChI is InChI=1S/C18H20O3/c1-13-9-11-14(12-10-13)16(19)6-3-2-5-15-17(20)7-4-8-18(15)21/h4,7-12,20-21H,2-3,5-6H2,1H3. The second-order valence-corrected chi connectivity index (χ2v) is 5.27. The fraction of sp³-hybridized carbons (Fsp3) is 0.278. The number of carbonyl (C=O) groups is 1. The molecule has 0 saturated heterocycles. The van der Waals surface area contributed by atoms with Gasteiger partial charge in [-0.05, 0) is 38.3 Å². The molecule has 0 spiro atoms. The van der Waals surface area contributed by atoms with Gasteiger partial charge >= 0.3 is 0 Å². The number of phenolic OH excluding ortho intramolecular Hbond substituents is 2. The van der Waals surface area contributed by atoms with E-state index in [2.05, 4.69) is 0 Å². The van der Waals surface area contributed by atoms with Gasteiger partial charge in [0, 0.05) is 17.5 Å². The monoisotopic (exact) mass is 284 g/mol. The molecule has 2 rings (SSSR count). The van der Waals surface area contributed by atoms with Crippen molar-refractivity contribution in [2.24, 2.45) is 0 Å². The Morgan fingerprint density at radius 1 is 0.952 bits per heavy atom. The van der Waals surface area contributed by atoms with Crippen LogP contribution in [0.3, 0.4) is 0 Å². The zero-order valence-electron chi connectivity index (χ0n) is 12.2. The highest BCUT2D eigenvalue weighted by molar-refractivity contribution is 5.96. The molecule has 0 aromatic heterocycles.